The molecule has 0 aromatic carbocycles. The third-order valence-electron chi connectivity index (χ3n) is 2.63. The van der Waals surface area contributed by atoms with Gasteiger partial charge in [0.15, 0.2) is 0 Å². The Morgan fingerprint density at radius 2 is 2.39 bits per heavy atom. The first-order valence-corrected chi connectivity index (χ1v) is 6.27. The summed E-state index contributed by atoms with van der Waals surface area (Å²) in [4.78, 5) is 4.75. The molecule has 1 saturated heterocycles. The van der Waals surface area contributed by atoms with Crippen molar-refractivity contribution in [1.29, 1.82) is 0 Å². The summed E-state index contributed by atoms with van der Waals surface area (Å²) in [6.45, 7) is 4.50. The smallest absolute Gasteiger partial charge is 0.126 e. The van der Waals surface area contributed by atoms with E-state index in [1.54, 1.807) is 0 Å². The van der Waals surface area contributed by atoms with Crippen LogP contribution in [0, 0.1) is 6.92 Å². The topological polar surface area (TPSA) is 69.4 Å². The van der Waals surface area contributed by atoms with E-state index in [0.29, 0.717) is 31.4 Å². The second kappa shape index (κ2) is 6.08. The first-order chi connectivity index (χ1) is 8.65. The van der Waals surface area contributed by atoms with Crippen LogP contribution in [-0.2, 0) is 9.47 Å². The molecule has 2 rings (SSSR count). The molecule has 0 spiro atoms. The van der Waals surface area contributed by atoms with Gasteiger partial charge in [0.1, 0.15) is 10.8 Å². The van der Waals surface area contributed by atoms with Gasteiger partial charge in [-0.2, -0.15) is 0 Å². The number of pyridine rings is 1. The number of nitrogens with one attached hydrogen (secondary N) is 1. The van der Waals surface area contributed by atoms with E-state index >= 15 is 0 Å². The molecule has 1 aliphatic rings. The molecule has 5 nitrogen and oxygen atoms in total. The molecule has 1 aliphatic heterocycles. The number of hydrogen-bond donors (Lipinski definition) is 2. The van der Waals surface area contributed by atoms with Crippen LogP contribution in [0.1, 0.15) is 11.3 Å². The van der Waals surface area contributed by atoms with Crippen LogP contribution in [0.2, 0.25) is 0 Å². The third kappa shape index (κ3) is 3.63. The van der Waals surface area contributed by atoms with E-state index in [-0.39, 0.29) is 6.10 Å². The molecule has 1 aromatic rings. The molecule has 1 fully saturated rings. The van der Waals surface area contributed by atoms with Crippen molar-refractivity contribution in [2.45, 2.75) is 13.0 Å². The fourth-order valence-electron chi connectivity index (χ4n) is 1.77. The Hall–Kier alpha value is -1.24. The molecule has 0 amide bonds. The lowest BCUT2D eigenvalue weighted by Gasteiger charge is -2.23. The van der Waals surface area contributed by atoms with Crippen molar-refractivity contribution in [3.8, 4) is 0 Å². The van der Waals surface area contributed by atoms with Gasteiger partial charge in [0.05, 0.1) is 25.9 Å². The van der Waals surface area contributed by atoms with Crippen molar-refractivity contribution in [3.63, 3.8) is 0 Å². The largest absolute Gasteiger partial charge is 0.389 e. The third-order valence-corrected chi connectivity index (χ3v) is 2.87. The predicted molar refractivity (Wildman–Crippen MR) is 73.9 cm³/mol. The Bertz CT molecular complexity index is 433. The van der Waals surface area contributed by atoms with Crippen LogP contribution in [0.15, 0.2) is 12.1 Å². The summed E-state index contributed by atoms with van der Waals surface area (Å²) in [5.41, 5.74) is 7.32. The highest BCUT2D eigenvalue weighted by Crippen LogP contribution is 2.11. The molecule has 18 heavy (non-hydrogen) atoms. The summed E-state index contributed by atoms with van der Waals surface area (Å²) in [5, 5.41) is 3.22. The first-order valence-electron chi connectivity index (χ1n) is 5.87. The van der Waals surface area contributed by atoms with Gasteiger partial charge in [0.2, 0.25) is 0 Å². The maximum atomic E-state index is 5.62. The monoisotopic (exact) mass is 267 g/mol. The number of rotatable bonds is 4. The van der Waals surface area contributed by atoms with Crippen LogP contribution in [0.5, 0.6) is 0 Å². The standard InChI is InChI=1S/C12H17N3O2S/c1-8-4-9(12(13)18)5-11(15-8)14-6-10-7-16-2-3-17-10/h4-5,10H,2-3,6-7H2,1H3,(H2,13,18)(H,14,15). The first kappa shape index (κ1) is 13.2. The summed E-state index contributed by atoms with van der Waals surface area (Å²) in [6.07, 6.45) is 0.0642. The van der Waals surface area contributed by atoms with Crippen molar-refractivity contribution < 1.29 is 9.47 Å². The van der Waals surface area contributed by atoms with Gasteiger partial charge in [-0.15, -0.1) is 0 Å². The average Bonchev–Trinajstić information content (AvgIpc) is 2.37. The Labute approximate surface area is 112 Å². The summed E-state index contributed by atoms with van der Waals surface area (Å²) in [6, 6.07) is 3.72. The molecule has 0 radical (unpaired) electrons. The highest BCUT2D eigenvalue weighted by atomic mass is 32.1. The number of ether oxygens (including phenoxy) is 2. The molecule has 1 atom stereocenters. The Kier molecular flexibility index (Phi) is 4.46. The molecule has 0 saturated carbocycles. The van der Waals surface area contributed by atoms with Crippen molar-refractivity contribution in [3.05, 3.63) is 23.4 Å². The highest BCUT2D eigenvalue weighted by Gasteiger charge is 2.14. The number of thiocarbonyl (C=S) groups is 1. The lowest BCUT2D eigenvalue weighted by Crippen LogP contribution is -2.34. The van der Waals surface area contributed by atoms with Gasteiger partial charge >= 0.3 is 0 Å². The molecule has 3 N–H and O–H groups in total. The van der Waals surface area contributed by atoms with Crippen LogP contribution >= 0.6 is 12.2 Å². The van der Waals surface area contributed by atoms with Gasteiger partial charge in [0, 0.05) is 17.8 Å². The Balaban J connectivity index is 1.97. The zero-order chi connectivity index (χ0) is 13.0. The van der Waals surface area contributed by atoms with E-state index < -0.39 is 0 Å². The zero-order valence-electron chi connectivity index (χ0n) is 10.3. The van der Waals surface area contributed by atoms with Gasteiger partial charge in [-0.05, 0) is 19.1 Å². The molecule has 0 aliphatic carbocycles. The number of aromatic nitrogens is 1. The van der Waals surface area contributed by atoms with Gasteiger partial charge in [0.25, 0.3) is 0 Å². The quantitative estimate of drug-likeness (QED) is 0.788. The fourth-order valence-corrected chi connectivity index (χ4v) is 1.89. The second-order valence-corrected chi connectivity index (χ2v) is 4.64. The summed E-state index contributed by atoms with van der Waals surface area (Å²) in [7, 11) is 0. The van der Waals surface area contributed by atoms with Crippen molar-refractivity contribution in [1.82, 2.24) is 4.98 Å². The molecular formula is C12H17N3O2S. The maximum Gasteiger partial charge on any atom is 0.126 e. The van der Waals surface area contributed by atoms with E-state index in [1.165, 1.54) is 0 Å². The average molecular weight is 267 g/mol. The number of nitrogens with zero attached hydrogens (tertiary/aromatic N) is 1. The van der Waals surface area contributed by atoms with E-state index in [9.17, 15) is 0 Å². The van der Waals surface area contributed by atoms with Crippen LogP contribution in [0.4, 0.5) is 5.82 Å². The minimum atomic E-state index is 0.0642. The van der Waals surface area contributed by atoms with Crippen LogP contribution < -0.4 is 11.1 Å². The van der Waals surface area contributed by atoms with Crippen LogP contribution in [0.3, 0.4) is 0 Å². The van der Waals surface area contributed by atoms with Gasteiger partial charge in [-0.1, -0.05) is 12.2 Å². The maximum absolute atomic E-state index is 5.62. The SMILES string of the molecule is Cc1cc(C(N)=S)cc(NCC2COCCO2)n1. The molecule has 1 unspecified atom stereocenters. The predicted octanol–water partition coefficient (Wildman–Crippen LogP) is 0.852. The zero-order valence-corrected chi connectivity index (χ0v) is 11.1. The van der Waals surface area contributed by atoms with E-state index in [0.717, 1.165) is 17.1 Å². The summed E-state index contributed by atoms with van der Waals surface area (Å²) >= 11 is 4.97. The Morgan fingerprint density at radius 3 is 3.06 bits per heavy atom. The molecular weight excluding hydrogens is 250 g/mol. The number of anilines is 1. The molecule has 0 bridgehead atoms. The normalized spacial score (nSPS) is 19.5. The molecule has 6 heteroatoms. The minimum Gasteiger partial charge on any atom is -0.389 e. The summed E-state index contributed by atoms with van der Waals surface area (Å²) < 4.78 is 10.9. The van der Waals surface area contributed by atoms with Gasteiger partial charge < -0.3 is 20.5 Å². The van der Waals surface area contributed by atoms with E-state index in [1.807, 2.05) is 19.1 Å². The van der Waals surface area contributed by atoms with Gasteiger partial charge in [-0.25, -0.2) is 4.98 Å². The lowest BCUT2D eigenvalue weighted by molar-refractivity contribution is -0.0819. The van der Waals surface area contributed by atoms with Crippen LogP contribution in [0.25, 0.3) is 0 Å². The van der Waals surface area contributed by atoms with Crippen molar-refractivity contribution in [2.24, 2.45) is 5.73 Å². The number of aryl methyl sites for hydroxylation is 1. The van der Waals surface area contributed by atoms with E-state index in [2.05, 4.69) is 10.3 Å². The van der Waals surface area contributed by atoms with Crippen molar-refractivity contribution >= 4 is 23.0 Å². The Morgan fingerprint density at radius 1 is 1.56 bits per heavy atom. The van der Waals surface area contributed by atoms with Crippen LogP contribution in [-0.4, -0.2) is 42.4 Å². The molecule has 2 heterocycles. The highest BCUT2D eigenvalue weighted by molar-refractivity contribution is 7.80. The molecule has 1 aromatic heterocycles. The second-order valence-electron chi connectivity index (χ2n) is 4.20. The summed E-state index contributed by atoms with van der Waals surface area (Å²) in [5.74, 6) is 0.756. The molecule has 98 valence electrons. The number of nitrogens with two attached hydrogens (primary N) is 1. The minimum absolute atomic E-state index is 0.0642. The number of hydrogen-bond acceptors (Lipinski definition) is 5. The lowest BCUT2D eigenvalue weighted by atomic mass is 10.2. The fraction of sp³-hybridized carbons (Fsp3) is 0.500. The van der Waals surface area contributed by atoms with Gasteiger partial charge in [-0.3, -0.25) is 0 Å². The van der Waals surface area contributed by atoms with Crippen molar-refractivity contribution in [2.75, 3.05) is 31.7 Å². The van der Waals surface area contributed by atoms with E-state index in [4.69, 9.17) is 27.4 Å².